The van der Waals surface area contributed by atoms with E-state index in [1.54, 1.807) is 12.1 Å². The highest BCUT2D eigenvalue weighted by molar-refractivity contribution is 7.92. The second kappa shape index (κ2) is 10.0. The van der Waals surface area contributed by atoms with E-state index in [4.69, 9.17) is 16.3 Å². The van der Waals surface area contributed by atoms with Crippen LogP contribution < -0.4 is 14.8 Å². The molecule has 10 heteroatoms. The minimum absolute atomic E-state index is 0.00401. The Labute approximate surface area is 196 Å². The Morgan fingerprint density at radius 1 is 1.12 bits per heavy atom. The van der Waals surface area contributed by atoms with Crippen molar-refractivity contribution in [2.24, 2.45) is 5.92 Å². The molecule has 3 aromatic rings. The van der Waals surface area contributed by atoms with Gasteiger partial charge in [-0.1, -0.05) is 29.8 Å². The minimum Gasteiger partial charge on any atom is -0.490 e. The zero-order valence-corrected chi connectivity index (χ0v) is 19.0. The summed E-state index contributed by atoms with van der Waals surface area (Å²) >= 11 is 5.99. The topological polar surface area (TPSA) is 80.3 Å². The van der Waals surface area contributed by atoms with Gasteiger partial charge in [-0.05, 0) is 48.7 Å². The molecule has 33 heavy (non-hydrogen) atoms. The number of hydrogen-bond acceptors (Lipinski definition) is 5. The van der Waals surface area contributed by atoms with Crippen molar-refractivity contribution in [3.8, 4) is 5.75 Å². The number of halogens is 3. The monoisotopic (exact) mass is 493 g/mol. The molecule has 1 fully saturated rings. The number of rotatable bonds is 7. The lowest BCUT2D eigenvalue weighted by Gasteiger charge is -2.32. The van der Waals surface area contributed by atoms with E-state index in [9.17, 15) is 17.2 Å². The fourth-order valence-electron chi connectivity index (χ4n) is 3.89. The van der Waals surface area contributed by atoms with E-state index in [-0.39, 0.29) is 30.0 Å². The van der Waals surface area contributed by atoms with Gasteiger partial charge in [0, 0.05) is 35.8 Å². The molecular formula is C23H22ClF2N3O3S. The predicted molar refractivity (Wildman–Crippen MR) is 122 cm³/mol. The standard InChI is InChI=1S/C23H22ClF2N3O3S/c24-17-6-4-15(5-7-17)18-8-10-27-13-16(18)14-32-21-11-20(26)22(12-19(21)25)33(30,31)29-23-3-1-2-9-28-23/h1-7,9,11-12,16,18,27H,8,10,13-14H2,(H,28,29). The van der Waals surface area contributed by atoms with Gasteiger partial charge >= 0.3 is 0 Å². The van der Waals surface area contributed by atoms with Gasteiger partial charge < -0.3 is 10.1 Å². The maximum atomic E-state index is 14.7. The van der Waals surface area contributed by atoms with Crippen LogP contribution >= 0.6 is 11.6 Å². The van der Waals surface area contributed by atoms with Crippen molar-refractivity contribution in [2.45, 2.75) is 17.2 Å². The van der Waals surface area contributed by atoms with Gasteiger partial charge in [0.15, 0.2) is 11.6 Å². The van der Waals surface area contributed by atoms with E-state index in [1.807, 2.05) is 24.3 Å². The second-order valence-electron chi connectivity index (χ2n) is 7.76. The molecule has 2 atom stereocenters. The normalized spacial score (nSPS) is 18.6. The zero-order valence-electron chi connectivity index (χ0n) is 17.5. The van der Waals surface area contributed by atoms with Crippen LogP contribution in [-0.2, 0) is 10.0 Å². The van der Waals surface area contributed by atoms with Gasteiger partial charge in [0.05, 0.1) is 6.61 Å². The van der Waals surface area contributed by atoms with Gasteiger partial charge in [-0.3, -0.25) is 4.72 Å². The van der Waals surface area contributed by atoms with Crippen molar-refractivity contribution < 1.29 is 21.9 Å². The molecule has 0 radical (unpaired) electrons. The van der Waals surface area contributed by atoms with E-state index in [2.05, 4.69) is 15.0 Å². The summed E-state index contributed by atoms with van der Waals surface area (Å²) in [5.41, 5.74) is 1.10. The third-order valence-corrected chi connectivity index (χ3v) is 7.16. The van der Waals surface area contributed by atoms with Gasteiger partial charge in [0.1, 0.15) is 16.5 Å². The maximum Gasteiger partial charge on any atom is 0.266 e. The largest absolute Gasteiger partial charge is 0.490 e. The predicted octanol–water partition coefficient (Wildman–Crippen LogP) is 4.59. The summed E-state index contributed by atoms with van der Waals surface area (Å²) in [6.45, 7) is 1.62. The van der Waals surface area contributed by atoms with Crippen LogP contribution in [-0.4, -0.2) is 33.1 Å². The number of hydrogen-bond donors (Lipinski definition) is 2. The SMILES string of the molecule is O=S(=O)(Nc1ccccn1)c1cc(F)c(OCC2CNCCC2c2ccc(Cl)cc2)cc1F. The van der Waals surface area contributed by atoms with E-state index in [0.717, 1.165) is 24.6 Å². The van der Waals surface area contributed by atoms with Crippen molar-refractivity contribution in [1.82, 2.24) is 10.3 Å². The van der Waals surface area contributed by atoms with Gasteiger partial charge in [0.2, 0.25) is 0 Å². The molecule has 174 valence electrons. The molecule has 2 N–H and O–H groups in total. The Morgan fingerprint density at radius 3 is 2.64 bits per heavy atom. The van der Waals surface area contributed by atoms with Crippen molar-refractivity contribution in [2.75, 3.05) is 24.4 Å². The van der Waals surface area contributed by atoms with Crippen molar-refractivity contribution >= 4 is 27.4 Å². The molecular weight excluding hydrogens is 472 g/mol. The summed E-state index contributed by atoms with van der Waals surface area (Å²) in [7, 11) is -4.37. The van der Waals surface area contributed by atoms with Crippen molar-refractivity contribution in [1.29, 1.82) is 0 Å². The fourth-order valence-corrected chi connectivity index (χ4v) is 5.09. The zero-order chi connectivity index (χ0) is 23.4. The summed E-state index contributed by atoms with van der Waals surface area (Å²) in [6.07, 6.45) is 2.24. The van der Waals surface area contributed by atoms with E-state index >= 15 is 0 Å². The van der Waals surface area contributed by atoms with Crippen LogP contribution in [0, 0.1) is 17.6 Å². The molecule has 0 bridgehead atoms. The van der Waals surface area contributed by atoms with Crippen LogP contribution in [0.2, 0.25) is 5.02 Å². The average Bonchev–Trinajstić information content (AvgIpc) is 2.80. The number of pyridine rings is 1. The lowest BCUT2D eigenvalue weighted by atomic mass is 9.81. The fraction of sp³-hybridized carbons (Fsp3) is 0.261. The Kier molecular flexibility index (Phi) is 7.11. The van der Waals surface area contributed by atoms with Crippen LogP contribution in [0.25, 0.3) is 0 Å². The first-order valence-corrected chi connectivity index (χ1v) is 12.2. The quantitative estimate of drug-likeness (QED) is 0.503. The number of aromatic nitrogens is 1. The number of sulfonamides is 1. The lowest BCUT2D eigenvalue weighted by molar-refractivity contribution is 0.190. The summed E-state index contributed by atoms with van der Waals surface area (Å²) in [5.74, 6) is -2.26. The first-order chi connectivity index (χ1) is 15.8. The Morgan fingerprint density at radius 2 is 1.91 bits per heavy atom. The highest BCUT2D eigenvalue weighted by atomic mass is 35.5. The molecule has 1 saturated heterocycles. The highest BCUT2D eigenvalue weighted by Gasteiger charge is 2.28. The molecule has 1 aliphatic rings. The van der Waals surface area contributed by atoms with Crippen LogP contribution in [0.3, 0.4) is 0 Å². The van der Waals surface area contributed by atoms with Gasteiger partial charge in [-0.2, -0.15) is 0 Å². The Hall–Kier alpha value is -2.75. The third kappa shape index (κ3) is 5.61. The van der Waals surface area contributed by atoms with Gasteiger partial charge in [-0.25, -0.2) is 22.2 Å². The number of piperidine rings is 1. The lowest BCUT2D eigenvalue weighted by Crippen LogP contribution is -2.38. The van der Waals surface area contributed by atoms with Crippen molar-refractivity contribution in [3.05, 3.63) is 83.0 Å². The first-order valence-electron chi connectivity index (χ1n) is 10.4. The summed E-state index contributed by atoms with van der Waals surface area (Å²) in [6, 6.07) is 13.5. The van der Waals surface area contributed by atoms with Crippen LogP contribution in [0.15, 0.2) is 65.7 Å². The highest BCUT2D eigenvalue weighted by Crippen LogP contribution is 2.33. The van der Waals surface area contributed by atoms with E-state index < -0.39 is 26.6 Å². The minimum atomic E-state index is -4.37. The Bertz CT molecular complexity index is 1210. The van der Waals surface area contributed by atoms with E-state index in [1.165, 1.54) is 12.3 Å². The molecule has 1 aliphatic heterocycles. The average molecular weight is 494 g/mol. The smallest absolute Gasteiger partial charge is 0.266 e. The molecule has 0 saturated carbocycles. The molecule has 0 amide bonds. The van der Waals surface area contributed by atoms with Gasteiger partial charge in [-0.15, -0.1) is 0 Å². The van der Waals surface area contributed by atoms with E-state index in [0.29, 0.717) is 17.6 Å². The number of benzene rings is 2. The number of anilines is 1. The van der Waals surface area contributed by atoms with Gasteiger partial charge in [0.25, 0.3) is 10.0 Å². The van der Waals surface area contributed by atoms with Crippen LogP contribution in [0.5, 0.6) is 5.75 Å². The Balaban J connectivity index is 1.49. The molecule has 0 spiro atoms. The summed E-state index contributed by atoms with van der Waals surface area (Å²) < 4.78 is 62.1. The van der Waals surface area contributed by atoms with Crippen molar-refractivity contribution in [3.63, 3.8) is 0 Å². The summed E-state index contributed by atoms with van der Waals surface area (Å²) in [5, 5.41) is 3.94. The first kappa shape index (κ1) is 23.4. The molecule has 4 rings (SSSR count). The molecule has 2 unspecified atom stereocenters. The molecule has 1 aromatic heterocycles. The summed E-state index contributed by atoms with van der Waals surface area (Å²) in [4.78, 5) is 3.01. The maximum absolute atomic E-state index is 14.7. The number of nitrogens with zero attached hydrogens (tertiary/aromatic N) is 1. The molecule has 0 aliphatic carbocycles. The van der Waals surface area contributed by atoms with Crippen LogP contribution in [0.4, 0.5) is 14.6 Å². The molecule has 2 aromatic carbocycles. The molecule has 6 nitrogen and oxygen atoms in total. The number of ether oxygens (including phenoxy) is 1. The molecule has 2 heterocycles. The van der Waals surface area contributed by atoms with Crippen LogP contribution in [0.1, 0.15) is 17.9 Å². The third-order valence-electron chi connectivity index (χ3n) is 5.54. The second-order valence-corrected chi connectivity index (χ2v) is 9.84. The number of nitrogens with one attached hydrogen (secondary N) is 2.